The lowest BCUT2D eigenvalue weighted by molar-refractivity contribution is -0.113. The highest BCUT2D eigenvalue weighted by atomic mass is 16.3. The second-order valence-electron chi connectivity index (χ2n) is 5.31. The van der Waals surface area contributed by atoms with E-state index >= 15 is 0 Å². The molecule has 0 saturated carbocycles. The summed E-state index contributed by atoms with van der Waals surface area (Å²) in [5.74, 6) is 0.155. The molecule has 0 aliphatic heterocycles. The SMILES string of the molecule is CC1C=C(O)C2=C(CC3=C(C2=O)C(O)CC=C3)C1. The van der Waals surface area contributed by atoms with Gasteiger partial charge in [0, 0.05) is 5.57 Å². The van der Waals surface area contributed by atoms with E-state index < -0.39 is 6.10 Å². The number of rotatable bonds is 0. The first-order chi connectivity index (χ1) is 8.58. The van der Waals surface area contributed by atoms with Crippen LogP contribution in [0.3, 0.4) is 0 Å². The average molecular weight is 244 g/mol. The van der Waals surface area contributed by atoms with Crippen LogP contribution < -0.4 is 0 Å². The zero-order valence-corrected chi connectivity index (χ0v) is 10.3. The smallest absolute Gasteiger partial charge is 0.195 e. The summed E-state index contributed by atoms with van der Waals surface area (Å²) in [6, 6.07) is 0. The molecule has 18 heavy (non-hydrogen) atoms. The highest BCUT2D eigenvalue weighted by Gasteiger charge is 2.35. The van der Waals surface area contributed by atoms with Crippen LogP contribution in [0.1, 0.15) is 26.2 Å². The van der Waals surface area contributed by atoms with Crippen LogP contribution in [0.2, 0.25) is 0 Å². The minimum absolute atomic E-state index is 0.0852. The summed E-state index contributed by atoms with van der Waals surface area (Å²) >= 11 is 0. The Morgan fingerprint density at radius 3 is 2.94 bits per heavy atom. The number of carbonyl (C=O) groups is 1. The van der Waals surface area contributed by atoms with Crippen LogP contribution in [0.5, 0.6) is 0 Å². The highest BCUT2D eigenvalue weighted by molar-refractivity contribution is 6.14. The molecule has 2 N–H and O–H groups in total. The lowest BCUT2D eigenvalue weighted by atomic mass is 9.74. The quantitative estimate of drug-likeness (QED) is 0.687. The molecule has 0 aromatic carbocycles. The second-order valence-corrected chi connectivity index (χ2v) is 5.31. The van der Waals surface area contributed by atoms with Gasteiger partial charge < -0.3 is 10.2 Å². The van der Waals surface area contributed by atoms with E-state index in [2.05, 4.69) is 0 Å². The molecule has 0 bridgehead atoms. The molecule has 3 aliphatic carbocycles. The van der Waals surface area contributed by atoms with Crippen LogP contribution in [0.25, 0.3) is 0 Å². The Balaban J connectivity index is 2.07. The van der Waals surface area contributed by atoms with Crippen molar-refractivity contribution in [2.75, 3.05) is 0 Å². The number of allylic oxidation sites excluding steroid dienone is 5. The Morgan fingerprint density at radius 2 is 2.17 bits per heavy atom. The Labute approximate surface area is 106 Å². The summed E-state index contributed by atoms with van der Waals surface area (Å²) in [5, 5.41) is 19.9. The van der Waals surface area contributed by atoms with Gasteiger partial charge in [0.25, 0.3) is 0 Å². The normalized spacial score (nSPS) is 31.2. The van der Waals surface area contributed by atoms with Crippen molar-refractivity contribution in [1.82, 2.24) is 0 Å². The molecule has 94 valence electrons. The fourth-order valence-corrected chi connectivity index (χ4v) is 3.10. The van der Waals surface area contributed by atoms with Crippen LogP contribution in [0, 0.1) is 5.92 Å². The predicted octanol–water partition coefficient (Wildman–Crippen LogP) is 2.35. The second kappa shape index (κ2) is 3.95. The maximum absolute atomic E-state index is 12.4. The van der Waals surface area contributed by atoms with Crippen molar-refractivity contribution in [2.24, 2.45) is 5.92 Å². The first kappa shape index (κ1) is 11.5. The van der Waals surface area contributed by atoms with Crippen molar-refractivity contribution in [3.63, 3.8) is 0 Å². The first-order valence-corrected chi connectivity index (χ1v) is 6.33. The van der Waals surface area contributed by atoms with Gasteiger partial charge in [-0.15, -0.1) is 0 Å². The number of Topliss-reactive ketones (excluding diaryl/α,β-unsaturated/α-hetero) is 1. The van der Waals surface area contributed by atoms with Gasteiger partial charge in [0.05, 0.1) is 11.7 Å². The third-order valence-corrected chi connectivity index (χ3v) is 3.85. The van der Waals surface area contributed by atoms with Gasteiger partial charge in [-0.25, -0.2) is 0 Å². The third kappa shape index (κ3) is 1.58. The molecule has 2 atom stereocenters. The lowest BCUT2D eigenvalue weighted by Crippen LogP contribution is -2.29. The fourth-order valence-electron chi connectivity index (χ4n) is 3.10. The maximum atomic E-state index is 12.4. The number of hydrogen-bond donors (Lipinski definition) is 2. The number of aliphatic hydroxyl groups is 2. The van der Waals surface area contributed by atoms with E-state index in [4.69, 9.17) is 0 Å². The molecule has 3 nitrogen and oxygen atoms in total. The van der Waals surface area contributed by atoms with E-state index in [1.54, 1.807) is 6.08 Å². The molecule has 0 aromatic rings. The van der Waals surface area contributed by atoms with Crippen molar-refractivity contribution in [2.45, 2.75) is 32.3 Å². The van der Waals surface area contributed by atoms with Crippen LogP contribution in [0.4, 0.5) is 0 Å². The number of ketones is 1. The molecular formula is C15H16O3. The molecule has 3 aliphatic rings. The van der Waals surface area contributed by atoms with Gasteiger partial charge >= 0.3 is 0 Å². The molecule has 0 amide bonds. The summed E-state index contributed by atoms with van der Waals surface area (Å²) in [4.78, 5) is 12.4. The van der Waals surface area contributed by atoms with E-state index in [-0.39, 0.29) is 17.5 Å². The fraction of sp³-hybridized carbons (Fsp3) is 0.400. The van der Waals surface area contributed by atoms with Gasteiger partial charge in [-0.3, -0.25) is 4.79 Å². The monoisotopic (exact) mass is 244 g/mol. The van der Waals surface area contributed by atoms with Gasteiger partial charge in [0.15, 0.2) is 5.78 Å². The molecule has 0 fully saturated rings. The van der Waals surface area contributed by atoms with Crippen molar-refractivity contribution >= 4 is 5.78 Å². The molecule has 3 rings (SSSR count). The molecule has 0 spiro atoms. The van der Waals surface area contributed by atoms with Crippen molar-refractivity contribution < 1.29 is 15.0 Å². The Morgan fingerprint density at radius 1 is 1.39 bits per heavy atom. The van der Waals surface area contributed by atoms with E-state index in [0.717, 1.165) is 17.6 Å². The molecule has 0 aromatic heterocycles. The summed E-state index contributed by atoms with van der Waals surface area (Å²) < 4.78 is 0. The van der Waals surface area contributed by atoms with E-state index in [9.17, 15) is 15.0 Å². The van der Waals surface area contributed by atoms with Crippen molar-refractivity contribution in [1.29, 1.82) is 0 Å². The van der Waals surface area contributed by atoms with Crippen LogP contribution in [-0.4, -0.2) is 22.1 Å². The molecule has 0 radical (unpaired) electrons. The highest BCUT2D eigenvalue weighted by Crippen LogP contribution is 2.40. The summed E-state index contributed by atoms with van der Waals surface area (Å²) in [7, 11) is 0. The number of hydrogen-bond acceptors (Lipinski definition) is 3. The molecule has 0 saturated heterocycles. The Hall–Kier alpha value is -1.61. The summed E-state index contributed by atoms with van der Waals surface area (Å²) in [6.07, 6.45) is 6.81. The van der Waals surface area contributed by atoms with Gasteiger partial charge in [-0.1, -0.05) is 24.6 Å². The lowest BCUT2D eigenvalue weighted by Gasteiger charge is -2.30. The van der Waals surface area contributed by atoms with Crippen LogP contribution in [0.15, 0.2) is 46.3 Å². The molecular weight excluding hydrogens is 228 g/mol. The average Bonchev–Trinajstić information content (AvgIpc) is 2.27. The van der Waals surface area contributed by atoms with Gasteiger partial charge in [-0.2, -0.15) is 0 Å². The largest absolute Gasteiger partial charge is 0.508 e. The van der Waals surface area contributed by atoms with E-state index in [1.807, 2.05) is 19.1 Å². The van der Waals surface area contributed by atoms with Gasteiger partial charge in [0.2, 0.25) is 0 Å². The molecule has 0 heterocycles. The Bertz CT molecular complexity index is 546. The minimum Gasteiger partial charge on any atom is -0.508 e. The summed E-state index contributed by atoms with van der Waals surface area (Å²) in [6.45, 7) is 2.03. The Kier molecular flexibility index (Phi) is 2.52. The van der Waals surface area contributed by atoms with Crippen molar-refractivity contribution in [3.8, 4) is 0 Å². The van der Waals surface area contributed by atoms with Gasteiger partial charge in [-0.05, 0) is 36.8 Å². The maximum Gasteiger partial charge on any atom is 0.195 e. The molecule has 3 heteroatoms. The van der Waals surface area contributed by atoms with Crippen molar-refractivity contribution in [3.05, 3.63) is 46.3 Å². The van der Waals surface area contributed by atoms with E-state index in [1.165, 1.54) is 0 Å². The third-order valence-electron chi connectivity index (χ3n) is 3.85. The topological polar surface area (TPSA) is 57.5 Å². The predicted molar refractivity (Wildman–Crippen MR) is 67.9 cm³/mol. The zero-order chi connectivity index (χ0) is 12.9. The number of aliphatic hydroxyl groups excluding tert-OH is 2. The van der Waals surface area contributed by atoms with Crippen LogP contribution in [-0.2, 0) is 4.79 Å². The molecule has 2 unspecified atom stereocenters. The standard InChI is InChI=1S/C15H16O3/c1-8-5-10-7-9-3-2-4-11(16)13(9)15(18)14(10)12(17)6-8/h2-3,6,8,11,16-17H,4-5,7H2,1H3. The van der Waals surface area contributed by atoms with Crippen LogP contribution >= 0.6 is 0 Å². The number of carbonyl (C=O) groups excluding carboxylic acids is 1. The van der Waals surface area contributed by atoms with E-state index in [0.29, 0.717) is 24.0 Å². The summed E-state index contributed by atoms with van der Waals surface area (Å²) in [5.41, 5.74) is 2.83. The minimum atomic E-state index is -0.723. The zero-order valence-electron chi connectivity index (χ0n) is 10.3. The first-order valence-electron chi connectivity index (χ1n) is 6.33. The van der Waals surface area contributed by atoms with Gasteiger partial charge in [0.1, 0.15) is 5.76 Å².